The summed E-state index contributed by atoms with van der Waals surface area (Å²) in [6, 6.07) is 10.2. The van der Waals surface area contributed by atoms with Crippen molar-refractivity contribution in [3.05, 3.63) is 66.3 Å². The maximum atomic E-state index is 4.02. The molecule has 0 spiro atoms. The molecule has 14 heavy (non-hydrogen) atoms. The SMILES string of the molecule is C=C(/C=C\C(C)=C/C)c1ccccc1. The molecule has 0 heterocycles. The summed E-state index contributed by atoms with van der Waals surface area (Å²) >= 11 is 0. The van der Waals surface area contributed by atoms with E-state index in [1.807, 2.05) is 31.2 Å². The van der Waals surface area contributed by atoms with Crippen LogP contribution in [0.25, 0.3) is 5.57 Å². The second-order valence-electron chi connectivity index (χ2n) is 3.26. The van der Waals surface area contributed by atoms with Gasteiger partial charge in [0.2, 0.25) is 0 Å². The van der Waals surface area contributed by atoms with E-state index in [2.05, 4.69) is 37.8 Å². The summed E-state index contributed by atoms with van der Waals surface area (Å²) in [5.41, 5.74) is 3.47. The first-order chi connectivity index (χ1) is 6.74. The van der Waals surface area contributed by atoms with Crippen LogP contribution in [-0.2, 0) is 0 Å². The van der Waals surface area contributed by atoms with Crippen LogP contribution in [0.1, 0.15) is 19.4 Å². The summed E-state index contributed by atoms with van der Waals surface area (Å²) in [7, 11) is 0. The Kier molecular flexibility index (Phi) is 3.93. The maximum absolute atomic E-state index is 4.02. The summed E-state index contributed by atoms with van der Waals surface area (Å²) in [5.74, 6) is 0. The summed E-state index contributed by atoms with van der Waals surface area (Å²) in [5, 5.41) is 0. The average molecular weight is 184 g/mol. The van der Waals surface area contributed by atoms with Crippen molar-refractivity contribution in [3.8, 4) is 0 Å². The van der Waals surface area contributed by atoms with Crippen LogP contribution in [0.4, 0.5) is 0 Å². The van der Waals surface area contributed by atoms with Gasteiger partial charge >= 0.3 is 0 Å². The van der Waals surface area contributed by atoms with Crippen LogP contribution in [0.5, 0.6) is 0 Å². The van der Waals surface area contributed by atoms with Crippen molar-refractivity contribution in [1.29, 1.82) is 0 Å². The van der Waals surface area contributed by atoms with Gasteiger partial charge in [-0.25, -0.2) is 0 Å². The second kappa shape index (κ2) is 5.23. The molecule has 0 amide bonds. The monoisotopic (exact) mass is 184 g/mol. The fraction of sp³-hybridized carbons (Fsp3) is 0.143. The first kappa shape index (κ1) is 10.5. The lowest BCUT2D eigenvalue weighted by Gasteiger charge is -1.98. The lowest BCUT2D eigenvalue weighted by atomic mass is 10.1. The molecule has 0 atom stereocenters. The topological polar surface area (TPSA) is 0 Å². The smallest absolute Gasteiger partial charge is 0.0190 e. The third kappa shape index (κ3) is 3.06. The minimum Gasteiger partial charge on any atom is -0.0912 e. The fourth-order valence-corrected chi connectivity index (χ4v) is 1.08. The molecular formula is C14H16. The van der Waals surface area contributed by atoms with Crippen LogP contribution in [0.3, 0.4) is 0 Å². The van der Waals surface area contributed by atoms with Crippen molar-refractivity contribution in [2.75, 3.05) is 0 Å². The normalized spacial score (nSPS) is 12.0. The summed E-state index contributed by atoms with van der Waals surface area (Å²) in [6.07, 6.45) is 6.20. The molecule has 1 aromatic rings. The van der Waals surface area contributed by atoms with Gasteiger partial charge in [-0.1, -0.05) is 60.7 Å². The highest BCUT2D eigenvalue weighted by atomic mass is 14.0. The first-order valence-electron chi connectivity index (χ1n) is 4.79. The maximum Gasteiger partial charge on any atom is -0.0190 e. The second-order valence-corrected chi connectivity index (χ2v) is 3.26. The summed E-state index contributed by atoms with van der Waals surface area (Å²) in [6.45, 7) is 8.13. The Balaban J connectivity index is 2.74. The van der Waals surface area contributed by atoms with Crippen molar-refractivity contribution in [2.45, 2.75) is 13.8 Å². The molecule has 0 N–H and O–H groups in total. The molecule has 0 aliphatic rings. The predicted octanol–water partition coefficient (Wildman–Crippen LogP) is 4.22. The van der Waals surface area contributed by atoms with Crippen LogP contribution in [0.15, 0.2) is 60.7 Å². The predicted molar refractivity (Wildman–Crippen MR) is 64.0 cm³/mol. The number of hydrogen-bond acceptors (Lipinski definition) is 0. The molecule has 72 valence electrons. The Labute approximate surface area is 86.3 Å². The Hall–Kier alpha value is -1.56. The molecule has 0 radical (unpaired) electrons. The highest BCUT2D eigenvalue weighted by molar-refractivity contribution is 5.72. The molecule has 0 aliphatic heterocycles. The Morgan fingerprint density at radius 2 is 1.79 bits per heavy atom. The third-order valence-corrected chi connectivity index (χ3v) is 2.15. The molecule has 0 saturated carbocycles. The number of allylic oxidation sites excluding steroid dienone is 5. The summed E-state index contributed by atoms with van der Waals surface area (Å²) in [4.78, 5) is 0. The van der Waals surface area contributed by atoms with E-state index in [-0.39, 0.29) is 0 Å². The molecule has 0 saturated heterocycles. The average Bonchev–Trinajstić information content (AvgIpc) is 2.26. The van der Waals surface area contributed by atoms with Crippen LogP contribution < -0.4 is 0 Å². The Bertz CT molecular complexity index is 353. The van der Waals surface area contributed by atoms with Crippen LogP contribution in [-0.4, -0.2) is 0 Å². The van der Waals surface area contributed by atoms with E-state index in [1.54, 1.807) is 0 Å². The Morgan fingerprint density at radius 3 is 2.36 bits per heavy atom. The molecule has 0 unspecified atom stereocenters. The van der Waals surface area contributed by atoms with Gasteiger partial charge in [0.05, 0.1) is 0 Å². The van der Waals surface area contributed by atoms with Crippen molar-refractivity contribution >= 4 is 5.57 Å². The van der Waals surface area contributed by atoms with Gasteiger partial charge in [-0.3, -0.25) is 0 Å². The van der Waals surface area contributed by atoms with E-state index in [9.17, 15) is 0 Å². The molecule has 0 heteroatoms. The molecule has 0 nitrogen and oxygen atoms in total. The van der Waals surface area contributed by atoms with E-state index in [0.717, 1.165) is 5.57 Å². The lowest BCUT2D eigenvalue weighted by molar-refractivity contribution is 1.48. The highest BCUT2D eigenvalue weighted by Gasteiger charge is 1.91. The van der Waals surface area contributed by atoms with Gasteiger partial charge in [-0.2, -0.15) is 0 Å². The van der Waals surface area contributed by atoms with Gasteiger partial charge in [0.15, 0.2) is 0 Å². The standard InChI is InChI=1S/C14H16/c1-4-12(2)10-11-13(3)14-8-6-5-7-9-14/h4-11H,3H2,1-2H3/b11-10-,12-4-. The first-order valence-corrected chi connectivity index (χ1v) is 4.79. The molecule has 0 bridgehead atoms. The Morgan fingerprint density at radius 1 is 1.14 bits per heavy atom. The van der Waals surface area contributed by atoms with E-state index < -0.39 is 0 Å². The summed E-state index contributed by atoms with van der Waals surface area (Å²) < 4.78 is 0. The van der Waals surface area contributed by atoms with Crippen LogP contribution in [0.2, 0.25) is 0 Å². The molecule has 1 rings (SSSR count). The minimum atomic E-state index is 1.05. The zero-order valence-electron chi connectivity index (χ0n) is 8.83. The highest BCUT2D eigenvalue weighted by Crippen LogP contribution is 2.13. The molecule has 0 fully saturated rings. The van der Waals surface area contributed by atoms with Crippen LogP contribution in [0, 0.1) is 0 Å². The minimum absolute atomic E-state index is 1.05. The van der Waals surface area contributed by atoms with E-state index in [4.69, 9.17) is 0 Å². The lowest BCUT2D eigenvalue weighted by Crippen LogP contribution is -1.77. The molecule has 0 aliphatic carbocycles. The van der Waals surface area contributed by atoms with Crippen LogP contribution >= 0.6 is 0 Å². The van der Waals surface area contributed by atoms with Gasteiger partial charge < -0.3 is 0 Å². The van der Waals surface area contributed by atoms with Crippen molar-refractivity contribution < 1.29 is 0 Å². The van der Waals surface area contributed by atoms with Crippen molar-refractivity contribution in [1.82, 2.24) is 0 Å². The quantitative estimate of drug-likeness (QED) is 0.617. The van der Waals surface area contributed by atoms with Gasteiger partial charge in [0.25, 0.3) is 0 Å². The largest absolute Gasteiger partial charge is 0.0912 e. The number of hydrogen-bond donors (Lipinski definition) is 0. The number of benzene rings is 1. The third-order valence-electron chi connectivity index (χ3n) is 2.15. The van der Waals surface area contributed by atoms with Gasteiger partial charge in [0, 0.05) is 0 Å². The van der Waals surface area contributed by atoms with Gasteiger partial charge in [-0.15, -0.1) is 0 Å². The fourth-order valence-electron chi connectivity index (χ4n) is 1.08. The van der Waals surface area contributed by atoms with Gasteiger partial charge in [0.1, 0.15) is 0 Å². The van der Waals surface area contributed by atoms with E-state index in [0.29, 0.717) is 0 Å². The van der Waals surface area contributed by atoms with E-state index in [1.165, 1.54) is 11.1 Å². The van der Waals surface area contributed by atoms with Crippen molar-refractivity contribution in [2.24, 2.45) is 0 Å². The zero-order chi connectivity index (χ0) is 10.4. The van der Waals surface area contributed by atoms with Gasteiger partial charge in [-0.05, 0) is 25.0 Å². The zero-order valence-corrected chi connectivity index (χ0v) is 8.83. The molecule has 0 aromatic heterocycles. The number of rotatable bonds is 3. The molecule has 1 aromatic carbocycles. The van der Waals surface area contributed by atoms with E-state index >= 15 is 0 Å². The molecular weight excluding hydrogens is 168 g/mol. The van der Waals surface area contributed by atoms with Crippen molar-refractivity contribution in [3.63, 3.8) is 0 Å².